The molecule has 10 nitrogen and oxygen atoms in total. The fourth-order valence-corrected chi connectivity index (χ4v) is 3.90. The molecule has 2 aromatic heterocycles. The summed E-state index contributed by atoms with van der Waals surface area (Å²) in [5.74, 6) is 1.92. The maximum atomic E-state index is 10.0. The van der Waals surface area contributed by atoms with Crippen molar-refractivity contribution in [2.24, 2.45) is 26.6 Å². The van der Waals surface area contributed by atoms with Crippen LogP contribution in [0.25, 0.3) is 11.2 Å². The molecule has 1 atom stereocenters. The molecule has 1 saturated heterocycles. The van der Waals surface area contributed by atoms with E-state index in [1.165, 1.54) is 0 Å². The lowest BCUT2D eigenvalue weighted by Gasteiger charge is -2.23. The van der Waals surface area contributed by atoms with Crippen molar-refractivity contribution in [1.29, 1.82) is 0 Å². The molecule has 2 aliphatic heterocycles. The number of imidazole rings is 1. The van der Waals surface area contributed by atoms with Gasteiger partial charge < -0.3 is 14.6 Å². The molecule has 0 aromatic carbocycles. The monoisotopic (exact) mass is 383 g/mol. The van der Waals surface area contributed by atoms with Gasteiger partial charge in [0.25, 0.3) is 0 Å². The Balaban J connectivity index is 1.61. The predicted octanol–water partition coefficient (Wildman–Crippen LogP) is 2.63. The second kappa shape index (κ2) is 6.00. The maximum absolute atomic E-state index is 10.0. The van der Waals surface area contributed by atoms with Crippen LogP contribution in [0.15, 0.2) is 27.0 Å². The van der Waals surface area contributed by atoms with E-state index in [1.807, 2.05) is 4.57 Å². The molecule has 0 spiro atoms. The largest absolute Gasteiger partial charge is 0.391 e. The van der Waals surface area contributed by atoms with Crippen molar-refractivity contribution in [1.82, 2.24) is 19.5 Å². The van der Waals surface area contributed by atoms with Gasteiger partial charge in [-0.3, -0.25) is 0 Å². The van der Waals surface area contributed by atoms with Crippen molar-refractivity contribution < 1.29 is 5.11 Å². The van der Waals surface area contributed by atoms with E-state index in [0.717, 1.165) is 48.6 Å². The van der Waals surface area contributed by atoms with Gasteiger partial charge >= 0.3 is 0 Å². The summed E-state index contributed by atoms with van der Waals surface area (Å²) in [6.07, 6.45) is 4.37. The zero-order valence-corrected chi connectivity index (χ0v) is 16.4. The zero-order valence-electron chi connectivity index (χ0n) is 16.4. The summed E-state index contributed by atoms with van der Waals surface area (Å²) in [7, 11) is 0. The summed E-state index contributed by atoms with van der Waals surface area (Å²) in [6, 6.07) is 0. The van der Waals surface area contributed by atoms with Gasteiger partial charge in [-0.1, -0.05) is 20.8 Å². The van der Waals surface area contributed by atoms with Crippen LogP contribution >= 0.6 is 0 Å². The molecule has 148 valence electrons. The minimum Gasteiger partial charge on any atom is -0.391 e. The number of aliphatic hydroxyl groups is 1. The Morgan fingerprint density at radius 2 is 1.89 bits per heavy atom. The average Bonchev–Trinajstić information content (AvgIpc) is 3.07. The van der Waals surface area contributed by atoms with Gasteiger partial charge in [-0.05, 0) is 29.7 Å². The standard InChI is InChI=1S/C18H25N9O/c1-17(2,3)16-20-14(26-7-6-12(28)8-26)13-15(21-16)27(10-19-13)9-18(11-4-5-11)22-24-25-23-18/h10-12,28H,4-9H2,1-3H3. The number of rotatable bonds is 4. The van der Waals surface area contributed by atoms with Gasteiger partial charge in [-0.2, -0.15) is 0 Å². The Morgan fingerprint density at radius 1 is 1.14 bits per heavy atom. The molecule has 1 saturated carbocycles. The highest BCUT2D eigenvalue weighted by Gasteiger charge is 2.49. The Bertz CT molecular complexity index is 957. The summed E-state index contributed by atoms with van der Waals surface area (Å²) in [5, 5.41) is 26.3. The number of anilines is 1. The quantitative estimate of drug-likeness (QED) is 0.871. The Kier molecular flexibility index (Phi) is 3.77. The molecule has 4 heterocycles. The fraction of sp³-hybridized carbons (Fsp3) is 0.722. The van der Waals surface area contributed by atoms with Crippen LogP contribution in [0.3, 0.4) is 0 Å². The van der Waals surface area contributed by atoms with Crippen molar-refractivity contribution in [2.45, 2.75) is 63.8 Å². The van der Waals surface area contributed by atoms with Gasteiger partial charge in [-0.25, -0.2) is 15.0 Å². The number of hydrogen-bond acceptors (Lipinski definition) is 9. The van der Waals surface area contributed by atoms with Crippen molar-refractivity contribution in [3.63, 3.8) is 0 Å². The highest BCUT2D eigenvalue weighted by molar-refractivity contribution is 5.84. The first-order valence-corrected chi connectivity index (χ1v) is 9.86. The minimum atomic E-state index is -0.634. The van der Waals surface area contributed by atoms with Crippen molar-refractivity contribution in [3.8, 4) is 0 Å². The molecule has 10 heteroatoms. The molecule has 1 N–H and O–H groups in total. The lowest BCUT2D eigenvalue weighted by molar-refractivity contribution is 0.198. The van der Waals surface area contributed by atoms with E-state index in [-0.39, 0.29) is 11.5 Å². The van der Waals surface area contributed by atoms with E-state index in [4.69, 9.17) is 9.97 Å². The molecule has 0 radical (unpaired) electrons. The zero-order chi connectivity index (χ0) is 19.5. The van der Waals surface area contributed by atoms with Gasteiger partial charge in [0.05, 0.1) is 19.0 Å². The number of β-amino-alcohol motifs (C(OH)–C–C–N with tert-alkyl or cyclic N) is 1. The molecule has 28 heavy (non-hydrogen) atoms. The van der Waals surface area contributed by atoms with E-state index in [2.05, 4.69) is 51.3 Å². The van der Waals surface area contributed by atoms with Crippen LogP contribution in [0.4, 0.5) is 5.82 Å². The van der Waals surface area contributed by atoms with E-state index in [1.54, 1.807) is 6.33 Å². The van der Waals surface area contributed by atoms with Crippen LogP contribution in [0.5, 0.6) is 0 Å². The number of hydrogen-bond donors (Lipinski definition) is 1. The van der Waals surface area contributed by atoms with Crippen LogP contribution in [-0.4, -0.2) is 49.5 Å². The smallest absolute Gasteiger partial charge is 0.215 e. The molecule has 2 fully saturated rings. The molecule has 5 rings (SSSR count). The van der Waals surface area contributed by atoms with Crippen molar-refractivity contribution >= 4 is 17.0 Å². The molecule has 1 aliphatic carbocycles. The molecular weight excluding hydrogens is 358 g/mol. The summed E-state index contributed by atoms with van der Waals surface area (Å²) < 4.78 is 2.00. The number of nitrogens with zero attached hydrogens (tertiary/aromatic N) is 9. The lowest BCUT2D eigenvalue weighted by Crippen LogP contribution is -2.31. The molecular formula is C18H25N9O. The average molecular weight is 383 g/mol. The van der Waals surface area contributed by atoms with E-state index in [9.17, 15) is 5.11 Å². The summed E-state index contributed by atoms with van der Waals surface area (Å²) in [6.45, 7) is 8.15. The number of aromatic nitrogens is 4. The second-order valence-corrected chi connectivity index (χ2v) is 9.09. The maximum Gasteiger partial charge on any atom is 0.215 e. The van der Waals surface area contributed by atoms with Gasteiger partial charge in [0.2, 0.25) is 5.66 Å². The lowest BCUT2D eigenvalue weighted by atomic mass is 9.96. The molecule has 0 bridgehead atoms. The third kappa shape index (κ3) is 2.86. The van der Waals surface area contributed by atoms with Gasteiger partial charge in [0.1, 0.15) is 5.82 Å². The first kappa shape index (κ1) is 17.6. The third-order valence-corrected chi connectivity index (χ3v) is 5.69. The first-order valence-electron chi connectivity index (χ1n) is 9.86. The number of fused-ring (bicyclic) bond motifs is 1. The molecule has 2 aromatic rings. The van der Waals surface area contributed by atoms with Crippen molar-refractivity contribution in [2.75, 3.05) is 18.0 Å². The van der Waals surface area contributed by atoms with Crippen LogP contribution in [0, 0.1) is 5.92 Å². The van der Waals surface area contributed by atoms with Crippen LogP contribution in [0.2, 0.25) is 0 Å². The summed E-state index contributed by atoms with van der Waals surface area (Å²) in [5.41, 5.74) is 0.676. The van der Waals surface area contributed by atoms with E-state index in [0.29, 0.717) is 19.0 Å². The highest BCUT2D eigenvalue weighted by atomic mass is 16.3. The highest BCUT2D eigenvalue weighted by Crippen LogP contribution is 2.46. The topological polar surface area (TPSA) is 117 Å². The molecule has 1 unspecified atom stereocenters. The van der Waals surface area contributed by atoms with Crippen LogP contribution in [0.1, 0.15) is 45.9 Å². The SMILES string of the molecule is CC(C)(C)c1nc(N2CCC(O)C2)c2ncn(CC3(C4CC4)N=NN=N3)c2n1. The molecule has 0 amide bonds. The Labute approximate surface area is 162 Å². The third-order valence-electron chi connectivity index (χ3n) is 5.69. The summed E-state index contributed by atoms with van der Waals surface area (Å²) in [4.78, 5) is 16.4. The second-order valence-electron chi connectivity index (χ2n) is 9.09. The molecule has 3 aliphatic rings. The van der Waals surface area contributed by atoms with E-state index < -0.39 is 5.66 Å². The predicted molar refractivity (Wildman–Crippen MR) is 102 cm³/mol. The fourth-order valence-electron chi connectivity index (χ4n) is 3.90. The minimum absolute atomic E-state index is 0.211. The van der Waals surface area contributed by atoms with Gasteiger partial charge in [-0.15, -0.1) is 10.2 Å². The Morgan fingerprint density at radius 3 is 2.50 bits per heavy atom. The van der Waals surface area contributed by atoms with Crippen LogP contribution < -0.4 is 4.90 Å². The Hall–Kier alpha value is -2.49. The van der Waals surface area contributed by atoms with Crippen molar-refractivity contribution in [3.05, 3.63) is 12.2 Å². The van der Waals surface area contributed by atoms with Gasteiger partial charge in [0, 0.05) is 24.4 Å². The normalized spacial score (nSPS) is 24.0. The van der Waals surface area contributed by atoms with Crippen LogP contribution in [-0.2, 0) is 12.0 Å². The number of aliphatic hydroxyl groups excluding tert-OH is 1. The summed E-state index contributed by atoms with van der Waals surface area (Å²) >= 11 is 0. The van der Waals surface area contributed by atoms with E-state index >= 15 is 0 Å². The van der Waals surface area contributed by atoms with Gasteiger partial charge in [0.15, 0.2) is 17.0 Å². The first-order chi connectivity index (χ1) is 13.4.